The highest BCUT2D eigenvalue weighted by molar-refractivity contribution is 6.00. The molecule has 0 aliphatic heterocycles. The number of hydrogen-bond acceptors (Lipinski definition) is 2. The van der Waals surface area contributed by atoms with E-state index in [1.807, 2.05) is 55.5 Å². The molecule has 0 aliphatic carbocycles. The van der Waals surface area contributed by atoms with Crippen LogP contribution in [0.3, 0.4) is 0 Å². The van der Waals surface area contributed by atoms with Crippen LogP contribution in [-0.2, 0) is 4.79 Å². The van der Waals surface area contributed by atoms with Crippen LogP contribution in [0.25, 0.3) is 0 Å². The average Bonchev–Trinajstić information content (AvgIpc) is 2.43. The van der Waals surface area contributed by atoms with Gasteiger partial charge < -0.3 is 10.1 Å². The summed E-state index contributed by atoms with van der Waals surface area (Å²) in [7, 11) is 0. The van der Waals surface area contributed by atoms with E-state index in [2.05, 4.69) is 11.9 Å². The molecule has 0 unspecified atom stereocenters. The van der Waals surface area contributed by atoms with E-state index < -0.39 is 0 Å². The average molecular weight is 253 g/mol. The first-order valence-electron chi connectivity index (χ1n) is 5.96. The molecule has 2 rings (SSSR count). The minimum atomic E-state index is -0.261. The second-order valence-electron chi connectivity index (χ2n) is 4.11. The van der Waals surface area contributed by atoms with Crippen LogP contribution in [0.1, 0.15) is 5.56 Å². The van der Waals surface area contributed by atoms with Crippen LogP contribution in [0.15, 0.2) is 61.2 Å². The van der Waals surface area contributed by atoms with E-state index >= 15 is 0 Å². The smallest absolute Gasteiger partial charge is 0.247 e. The van der Waals surface area contributed by atoms with Crippen molar-refractivity contribution in [3.05, 3.63) is 66.7 Å². The number of benzene rings is 2. The molecule has 0 bridgehead atoms. The molecule has 19 heavy (non-hydrogen) atoms. The van der Waals surface area contributed by atoms with Gasteiger partial charge in [0.2, 0.25) is 5.91 Å². The SMILES string of the molecule is C=CC(=O)Nc1cc(C)ccc1Oc1ccccc1. The van der Waals surface area contributed by atoms with E-state index in [-0.39, 0.29) is 5.91 Å². The van der Waals surface area contributed by atoms with Crippen molar-refractivity contribution >= 4 is 11.6 Å². The van der Waals surface area contributed by atoms with Crippen LogP contribution >= 0.6 is 0 Å². The maximum absolute atomic E-state index is 11.4. The van der Waals surface area contributed by atoms with Gasteiger partial charge in [-0.05, 0) is 42.8 Å². The van der Waals surface area contributed by atoms with E-state index in [9.17, 15) is 4.79 Å². The zero-order valence-corrected chi connectivity index (χ0v) is 10.7. The third-order valence-electron chi connectivity index (χ3n) is 2.55. The van der Waals surface area contributed by atoms with Crippen LogP contribution in [0, 0.1) is 6.92 Å². The van der Waals surface area contributed by atoms with E-state index in [4.69, 9.17) is 4.74 Å². The Hall–Kier alpha value is -2.55. The maximum Gasteiger partial charge on any atom is 0.247 e. The Morgan fingerprint density at radius 1 is 1.21 bits per heavy atom. The summed E-state index contributed by atoms with van der Waals surface area (Å²) < 4.78 is 5.76. The number of amides is 1. The molecular formula is C16H15NO2. The fourth-order valence-electron chi connectivity index (χ4n) is 1.63. The molecule has 0 fully saturated rings. The fraction of sp³-hybridized carbons (Fsp3) is 0.0625. The number of carbonyl (C=O) groups is 1. The number of hydrogen-bond donors (Lipinski definition) is 1. The van der Waals surface area contributed by atoms with Crippen molar-refractivity contribution in [1.82, 2.24) is 0 Å². The van der Waals surface area contributed by atoms with Crippen molar-refractivity contribution in [1.29, 1.82) is 0 Å². The Balaban J connectivity index is 2.29. The van der Waals surface area contributed by atoms with Gasteiger partial charge in [0.05, 0.1) is 5.69 Å². The lowest BCUT2D eigenvalue weighted by molar-refractivity contribution is -0.111. The van der Waals surface area contributed by atoms with Crippen molar-refractivity contribution in [2.75, 3.05) is 5.32 Å². The van der Waals surface area contributed by atoms with E-state index in [0.29, 0.717) is 11.4 Å². The number of rotatable bonds is 4. The number of carbonyl (C=O) groups excluding carboxylic acids is 1. The molecule has 0 radical (unpaired) electrons. The van der Waals surface area contributed by atoms with Gasteiger partial charge in [-0.3, -0.25) is 4.79 Å². The molecule has 0 saturated carbocycles. The highest BCUT2D eigenvalue weighted by Crippen LogP contribution is 2.30. The molecule has 2 aromatic carbocycles. The summed E-state index contributed by atoms with van der Waals surface area (Å²) >= 11 is 0. The van der Waals surface area contributed by atoms with Crippen molar-refractivity contribution in [2.45, 2.75) is 6.92 Å². The van der Waals surface area contributed by atoms with Crippen molar-refractivity contribution < 1.29 is 9.53 Å². The predicted octanol–water partition coefficient (Wildman–Crippen LogP) is 3.91. The first kappa shape index (κ1) is 12.9. The summed E-state index contributed by atoms with van der Waals surface area (Å²) in [6.07, 6.45) is 1.23. The lowest BCUT2D eigenvalue weighted by Gasteiger charge is -2.12. The topological polar surface area (TPSA) is 38.3 Å². The quantitative estimate of drug-likeness (QED) is 0.839. The molecule has 0 heterocycles. The van der Waals surface area contributed by atoms with E-state index in [1.54, 1.807) is 0 Å². The van der Waals surface area contributed by atoms with Gasteiger partial charge in [0.25, 0.3) is 0 Å². The van der Waals surface area contributed by atoms with Gasteiger partial charge in [0.1, 0.15) is 5.75 Å². The van der Waals surface area contributed by atoms with Gasteiger partial charge in [-0.15, -0.1) is 0 Å². The minimum Gasteiger partial charge on any atom is -0.455 e. The second-order valence-corrected chi connectivity index (χ2v) is 4.11. The molecule has 3 heteroatoms. The number of anilines is 1. The highest BCUT2D eigenvalue weighted by Gasteiger charge is 2.07. The van der Waals surface area contributed by atoms with Crippen molar-refractivity contribution in [3.63, 3.8) is 0 Å². The molecule has 0 aromatic heterocycles. The molecule has 0 atom stereocenters. The van der Waals surface area contributed by atoms with Crippen LogP contribution in [-0.4, -0.2) is 5.91 Å². The van der Waals surface area contributed by atoms with Gasteiger partial charge in [-0.2, -0.15) is 0 Å². The standard InChI is InChI=1S/C16H15NO2/c1-3-16(18)17-14-11-12(2)9-10-15(14)19-13-7-5-4-6-8-13/h3-11H,1H2,2H3,(H,17,18). The summed E-state index contributed by atoms with van der Waals surface area (Å²) in [5.41, 5.74) is 1.67. The molecule has 2 aromatic rings. The van der Waals surface area contributed by atoms with E-state index in [1.165, 1.54) is 6.08 Å². The molecule has 0 saturated heterocycles. The second kappa shape index (κ2) is 5.87. The maximum atomic E-state index is 11.4. The Kier molecular flexibility index (Phi) is 3.98. The lowest BCUT2D eigenvalue weighted by Crippen LogP contribution is -2.08. The summed E-state index contributed by atoms with van der Waals surface area (Å²) in [4.78, 5) is 11.4. The third kappa shape index (κ3) is 3.45. The Morgan fingerprint density at radius 3 is 2.63 bits per heavy atom. The largest absolute Gasteiger partial charge is 0.455 e. The normalized spacial score (nSPS) is 9.74. The van der Waals surface area contributed by atoms with Crippen LogP contribution in [0.4, 0.5) is 5.69 Å². The predicted molar refractivity (Wildman–Crippen MR) is 76.5 cm³/mol. The molecule has 0 spiro atoms. The van der Waals surface area contributed by atoms with Gasteiger partial charge in [-0.1, -0.05) is 30.8 Å². The monoisotopic (exact) mass is 253 g/mol. The highest BCUT2D eigenvalue weighted by atomic mass is 16.5. The van der Waals surface area contributed by atoms with Gasteiger partial charge in [0.15, 0.2) is 5.75 Å². The van der Waals surface area contributed by atoms with Crippen LogP contribution < -0.4 is 10.1 Å². The minimum absolute atomic E-state index is 0.261. The van der Waals surface area contributed by atoms with E-state index in [0.717, 1.165) is 11.3 Å². The zero-order valence-electron chi connectivity index (χ0n) is 10.7. The Morgan fingerprint density at radius 2 is 1.95 bits per heavy atom. The summed E-state index contributed by atoms with van der Waals surface area (Å²) in [6.45, 7) is 5.39. The number of ether oxygens (including phenoxy) is 1. The molecule has 1 amide bonds. The van der Waals surface area contributed by atoms with Crippen LogP contribution in [0.2, 0.25) is 0 Å². The lowest BCUT2D eigenvalue weighted by atomic mass is 10.2. The van der Waals surface area contributed by atoms with Crippen molar-refractivity contribution in [3.8, 4) is 11.5 Å². The number of aryl methyl sites for hydroxylation is 1. The fourth-order valence-corrected chi connectivity index (χ4v) is 1.63. The molecule has 0 aliphatic rings. The van der Waals surface area contributed by atoms with Gasteiger partial charge in [0, 0.05) is 0 Å². The van der Waals surface area contributed by atoms with Crippen molar-refractivity contribution in [2.24, 2.45) is 0 Å². The Bertz CT molecular complexity index is 591. The number of para-hydroxylation sites is 1. The van der Waals surface area contributed by atoms with Gasteiger partial charge >= 0.3 is 0 Å². The molecule has 3 nitrogen and oxygen atoms in total. The third-order valence-corrected chi connectivity index (χ3v) is 2.55. The van der Waals surface area contributed by atoms with Gasteiger partial charge in [-0.25, -0.2) is 0 Å². The summed E-state index contributed by atoms with van der Waals surface area (Å²) in [5.74, 6) is 1.07. The van der Waals surface area contributed by atoms with Crippen LogP contribution in [0.5, 0.6) is 11.5 Å². The zero-order chi connectivity index (χ0) is 13.7. The Labute approximate surface area is 112 Å². The summed E-state index contributed by atoms with van der Waals surface area (Å²) in [5, 5.41) is 2.74. The number of nitrogens with one attached hydrogen (secondary N) is 1. The summed E-state index contributed by atoms with van der Waals surface area (Å²) in [6, 6.07) is 15.1. The first-order chi connectivity index (χ1) is 9.19. The molecule has 96 valence electrons. The molecular weight excluding hydrogens is 238 g/mol. The first-order valence-corrected chi connectivity index (χ1v) is 5.96. The molecule has 1 N–H and O–H groups in total.